The molecule has 1 aromatic heterocycles. The van der Waals surface area contributed by atoms with E-state index in [0.29, 0.717) is 6.42 Å². The Bertz CT molecular complexity index is 736. The molecular formula is C19H24FN3O. The molecule has 1 aliphatic rings. The molecule has 5 heteroatoms. The lowest BCUT2D eigenvalue weighted by Crippen LogP contribution is -2.38. The first-order valence-corrected chi connectivity index (χ1v) is 8.48. The number of amides is 1. The minimum Gasteiger partial charge on any atom is -0.339 e. The maximum Gasteiger partial charge on any atom is 0.227 e. The Morgan fingerprint density at radius 2 is 2.00 bits per heavy atom. The fraction of sp³-hybridized carbons (Fsp3) is 0.474. The van der Waals surface area contributed by atoms with Crippen LogP contribution in [0.2, 0.25) is 0 Å². The van der Waals surface area contributed by atoms with Crippen molar-refractivity contribution in [2.75, 3.05) is 6.54 Å². The first kappa shape index (κ1) is 16.7. The van der Waals surface area contributed by atoms with Crippen molar-refractivity contribution < 1.29 is 9.18 Å². The summed E-state index contributed by atoms with van der Waals surface area (Å²) in [5, 5.41) is 4.40. The standard InChI is InChI=1S/C19H24FN3O/c1-13-18(14(2)22(3)21-13)12-19(24)23-10-4-5-17(23)11-15-6-8-16(20)9-7-15/h6-9,17H,4-5,10-12H2,1-3H3/t17-/m0/s1. The Kier molecular flexibility index (Phi) is 4.69. The number of hydrogen-bond acceptors (Lipinski definition) is 2. The highest BCUT2D eigenvalue weighted by atomic mass is 19.1. The average Bonchev–Trinajstić information content (AvgIpc) is 3.10. The molecule has 3 rings (SSSR count). The summed E-state index contributed by atoms with van der Waals surface area (Å²) in [7, 11) is 1.91. The fourth-order valence-electron chi connectivity index (χ4n) is 3.59. The molecule has 0 spiro atoms. The number of carbonyl (C=O) groups excluding carboxylic acids is 1. The van der Waals surface area contributed by atoms with Crippen molar-refractivity contribution in [1.82, 2.24) is 14.7 Å². The molecule has 128 valence electrons. The van der Waals surface area contributed by atoms with Crippen LogP contribution in [0.15, 0.2) is 24.3 Å². The van der Waals surface area contributed by atoms with Crippen LogP contribution in [-0.2, 0) is 24.7 Å². The van der Waals surface area contributed by atoms with Crippen LogP contribution < -0.4 is 0 Å². The molecule has 0 radical (unpaired) electrons. The summed E-state index contributed by atoms with van der Waals surface area (Å²) in [6.45, 7) is 4.77. The summed E-state index contributed by atoms with van der Waals surface area (Å²) >= 11 is 0. The number of nitrogens with zero attached hydrogens (tertiary/aromatic N) is 3. The van der Waals surface area contributed by atoms with Crippen LogP contribution in [0, 0.1) is 19.7 Å². The number of hydrogen-bond donors (Lipinski definition) is 0. The molecule has 0 bridgehead atoms. The minimum atomic E-state index is -0.222. The second-order valence-corrected chi connectivity index (χ2v) is 6.66. The van der Waals surface area contributed by atoms with Gasteiger partial charge in [-0.2, -0.15) is 5.10 Å². The molecule has 0 unspecified atom stereocenters. The molecule has 2 aromatic rings. The summed E-state index contributed by atoms with van der Waals surface area (Å²) < 4.78 is 14.9. The van der Waals surface area contributed by atoms with Crippen molar-refractivity contribution in [1.29, 1.82) is 0 Å². The van der Waals surface area contributed by atoms with Gasteiger partial charge in [-0.1, -0.05) is 12.1 Å². The van der Waals surface area contributed by atoms with E-state index in [0.717, 1.165) is 48.3 Å². The quantitative estimate of drug-likeness (QED) is 0.865. The molecule has 0 saturated carbocycles. The van der Waals surface area contributed by atoms with Gasteiger partial charge in [-0.05, 0) is 50.8 Å². The lowest BCUT2D eigenvalue weighted by molar-refractivity contribution is -0.131. The summed E-state index contributed by atoms with van der Waals surface area (Å²) in [6, 6.07) is 6.80. The highest BCUT2D eigenvalue weighted by molar-refractivity contribution is 5.80. The zero-order valence-electron chi connectivity index (χ0n) is 14.6. The van der Waals surface area contributed by atoms with E-state index >= 15 is 0 Å². The highest BCUT2D eigenvalue weighted by Crippen LogP contribution is 2.23. The van der Waals surface area contributed by atoms with Gasteiger partial charge >= 0.3 is 0 Å². The number of halogens is 1. The number of carbonyl (C=O) groups is 1. The SMILES string of the molecule is Cc1nn(C)c(C)c1CC(=O)N1CCC[C@H]1Cc1ccc(F)cc1. The molecule has 1 aliphatic heterocycles. The zero-order chi connectivity index (χ0) is 17.3. The lowest BCUT2D eigenvalue weighted by atomic mass is 10.0. The van der Waals surface area contributed by atoms with Gasteiger partial charge in [0.05, 0.1) is 12.1 Å². The third-order valence-corrected chi connectivity index (χ3v) is 5.07. The minimum absolute atomic E-state index is 0.166. The first-order valence-electron chi connectivity index (χ1n) is 8.48. The molecule has 1 amide bonds. The number of benzene rings is 1. The van der Waals surface area contributed by atoms with E-state index in [9.17, 15) is 9.18 Å². The third kappa shape index (κ3) is 3.35. The van der Waals surface area contributed by atoms with E-state index in [2.05, 4.69) is 5.10 Å². The molecule has 1 saturated heterocycles. The molecule has 1 aromatic carbocycles. The second-order valence-electron chi connectivity index (χ2n) is 6.66. The summed E-state index contributed by atoms with van der Waals surface area (Å²) in [6.07, 6.45) is 3.24. The van der Waals surface area contributed by atoms with Gasteiger partial charge in [0.1, 0.15) is 5.82 Å². The van der Waals surface area contributed by atoms with Gasteiger partial charge in [-0.25, -0.2) is 4.39 Å². The van der Waals surface area contributed by atoms with E-state index in [1.165, 1.54) is 12.1 Å². The van der Waals surface area contributed by atoms with Crippen molar-refractivity contribution in [3.05, 3.63) is 52.6 Å². The van der Waals surface area contributed by atoms with Crippen LogP contribution in [0.1, 0.15) is 35.4 Å². The molecule has 2 heterocycles. The Morgan fingerprint density at radius 1 is 1.29 bits per heavy atom. The molecule has 4 nitrogen and oxygen atoms in total. The third-order valence-electron chi connectivity index (χ3n) is 5.07. The Labute approximate surface area is 142 Å². The monoisotopic (exact) mass is 329 g/mol. The maximum absolute atomic E-state index is 13.1. The molecule has 0 aliphatic carbocycles. The van der Waals surface area contributed by atoms with Gasteiger partial charge in [-0.15, -0.1) is 0 Å². The molecule has 24 heavy (non-hydrogen) atoms. The van der Waals surface area contributed by atoms with Crippen molar-refractivity contribution >= 4 is 5.91 Å². The summed E-state index contributed by atoms with van der Waals surface area (Å²) in [5.74, 6) is -0.0561. The van der Waals surface area contributed by atoms with Crippen LogP contribution in [0.4, 0.5) is 4.39 Å². The van der Waals surface area contributed by atoms with E-state index < -0.39 is 0 Å². The van der Waals surface area contributed by atoms with Gasteiger partial charge < -0.3 is 4.90 Å². The Morgan fingerprint density at radius 3 is 2.62 bits per heavy atom. The second kappa shape index (κ2) is 6.75. The van der Waals surface area contributed by atoms with Crippen LogP contribution in [0.25, 0.3) is 0 Å². The van der Waals surface area contributed by atoms with Gasteiger partial charge in [0.15, 0.2) is 0 Å². The van der Waals surface area contributed by atoms with Gasteiger partial charge in [0.25, 0.3) is 0 Å². The average molecular weight is 329 g/mol. The maximum atomic E-state index is 13.1. The van der Waals surface area contributed by atoms with Gasteiger partial charge in [-0.3, -0.25) is 9.48 Å². The van der Waals surface area contributed by atoms with E-state index in [4.69, 9.17) is 0 Å². The van der Waals surface area contributed by atoms with E-state index in [-0.39, 0.29) is 17.8 Å². The topological polar surface area (TPSA) is 38.1 Å². The smallest absolute Gasteiger partial charge is 0.227 e. The van der Waals surface area contributed by atoms with Crippen molar-refractivity contribution in [2.45, 2.75) is 45.6 Å². The lowest BCUT2D eigenvalue weighted by Gasteiger charge is -2.25. The van der Waals surface area contributed by atoms with Crippen molar-refractivity contribution in [3.8, 4) is 0 Å². The molecule has 1 fully saturated rings. The summed E-state index contributed by atoms with van der Waals surface area (Å²) in [5.41, 5.74) is 4.09. The number of aryl methyl sites for hydroxylation is 2. The van der Waals surface area contributed by atoms with Crippen molar-refractivity contribution in [3.63, 3.8) is 0 Å². The largest absolute Gasteiger partial charge is 0.339 e. The number of aromatic nitrogens is 2. The van der Waals surface area contributed by atoms with E-state index in [1.807, 2.05) is 42.6 Å². The zero-order valence-corrected chi connectivity index (χ0v) is 14.6. The normalized spacial score (nSPS) is 17.5. The predicted molar refractivity (Wildman–Crippen MR) is 91.2 cm³/mol. The van der Waals surface area contributed by atoms with Crippen molar-refractivity contribution in [2.24, 2.45) is 7.05 Å². The van der Waals surface area contributed by atoms with Crippen LogP contribution in [0.5, 0.6) is 0 Å². The highest BCUT2D eigenvalue weighted by Gasteiger charge is 2.29. The Hall–Kier alpha value is -2.17. The van der Waals surface area contributed by atoms with Gasteiger partial charge in [0.2, 0.25) is 5.91 Å². The number of rotatable bonds is 4. The van der Waals surface area contributed by atoms with Crippen LogP contribution >= 0.6 is 0 Å². The molecule has 1 atom stereocenters. The number of likely N-dealkylation sites (tertiary alicyclic amines) is 1. The van der Waals surface area contributed by atoms with Crippen LogP contribution in [0.3, 0.4) is 0 Å². The Balaban J connectivity index is 1.70. The predicted octanol–water partition coefficient (Wildman–Crippen LogP) is 2.95. The molecular weight excluding hydrogens is 305 g/mol. The van der Waals surface area contributed by atoms with E-state index in [1.54, 1.807) is 0 Å². The van der Waals surface area contributed by atoms with Crippen LogP contribution in [-0.4, -0.2) is 33.2 Å². The molecule has 0 N–H and O–H groups in total. The fourth-order valence-corrected chi connectivity index (χ4v) is 3.59. The van der Waals surface area contributed by atoms with Gasteiger partial charge in [0, 0.05) is 30.9 Å². The summed E-state index contributed by atoms with van der Waals surface area (Å²) in [4.78, 5) is 14.8. The first-order chi connectivity index (χ1) is 11.5.